The largest absolute Gasteiger partial charge is 0.417 e. The van der Waals surface area contributed by atoms with Gasteiger partial charge in [0.2, 0.25) is 0 Å². The van der Waals surface area contributed by atoms with Crippen molar-refractivity contribution in [3.05, 3.63) is 71.3 Å². The zero-order chi connectivity index (χ0) is 15.6. The van der Waals surface area contributed by atoms with E-state index in [2.05, 4.69) is 20.5 Å². The number of fused-ring (bicyclic) bond motifs is 1. The van der Waals surface area contributed by atoms with Gasteiger partial charge in [-0.25, -0.2) is 4.79 Å². The van der Waals surface area contributed by atoms with Crippen molar-refractivity contribution in [1.29, 1.82) is 0 Å². The second-order valence-corrected chi connectivity index (χ2v) is 5.05. The number of aromatic nitrogens is 3. The third-order valence-corrected chi connectivity index (χ3v) is 3.43. The Morgan fingerprint density at radius 3 is 2.74 bits per heavy atom. The van der Waals surface area contributed by atoms with Crippen molar-refractivity contribution in [3.63, 3.8) is 0 Å². The molecule has 23 heavy (non-hydrogen) atoms. The topological polar surface area (TPSA) is 83.8 Å². The molecule has 112 valence electrons. The van der Waals surface area contributed by atoms with E-state index in [1.165, 1.54) is 0 Å². The molecular weight excluding hydrogens is 292 g/mol. The summed E-state index contributed by atoms with van der Waals surface area (Å²) in [7, 11) is 0. The highest BCUT2D eigenvalue weighted by Crippen LogP contribution is 2.24. The third kappa shape index (κ3) is 2.69. The first-order valence-corrected chi connectivity index (χ1v) is 7.06. The van der Waals surface area contributed by atoms with Gasteiger partial charge in [-0.15, -0.1) is 0 Å². The summed E-state index contributed by atoms with van der Waals surface area (Å²) in [4.78, 5) is 13.8. The van der Waals surface area contributed by atoms with Crippen LogP contribution in [-0.2, 0) is 0 Å². The van der Waals surface area contributed by atoms with Gasteiger partial charge in [0, 0.05) is 11.3 Å². The fraction of sp³-hybridized carbons (Fsp3) is 0. The molecule has 0 aliphatic rings. The molecule has 0 aliphatic carbocycles. The highest BCUT2D eigenvalue weighted by Gasteiger charge is 2.06. The SMILES string of the molecule is O=c1[nH]c2ccc(-c3cc(Nc4ccccc4)cnn3)cc2o1. The van der Waals surface area contributed by atoms with E-state index >= 15 is 0 Å². The Labute approximate surface area is 130 Å². The molecule has 0 radical (unpaired) electrons. The number of hydrogen-bond donors (Lipinski definition) is 2. The van der Waals surface area contributed by atoms with Crippen LogP contribution in [-0.4, -0.2) is 15.2 Å². The van der Waals surface area contributed by atoms with Crippen LogP contribution in [0.2, 0.25) is 0 Å². The number of para-hydroxylation sites is 1. The van der Waals surface area contributed by atoms with Gasteiger partial charge < -0.3 is 9.73 Å². The van der Waals surface area contributed by atoms with Crippen LogP contribution in [0.5, 0.6) is 0 Å². The molecule has 0 bridgehead atoms. The van der Waals surface area contributed by atoms with E-state index in [1.807, 2.05) is 42.5 Å². The Kier molecular flexibility index (Phi) is 3.12. The summed E-state index contributed by atoms with van der Waals surface area (Å²) >= 11 is 0. The minimum absolute atomic E-state index is 0.470. The third-order valence-electron chi connectivity index (χ3n) is 3.43. The highest BCUT2D eigenvalue weighted by atomic mass is 16.4. The Balaban J connectivity index is 1.70. The monoisotopic (exact) mass is 304 g/mol. The number of benzene rings is 2. The Hall–Kier alpha value is -3.41. The van der Waals surface area contributed by atoms with Gasteiger partial charge in [-0.05, 0) is 30.3 Å². The first-order chi connectivity index (χ1) is 11.3. The molecule has 0 amide bonds. The van der Waals surface area contributed by atoms with Gasteiger partial charge in [0.05, 0.1) is 23.1 Å². The van der Waals surface area contributed by atoms with Gasteiger partial charge in [0.15, 0.2) is 5.58 Å². The lowest BCUT2D eigenvalue weighted by atomic mass is 10.1. The number of rotatable bonds is 3. The predicted molar refractivity (Wildman–Crippen MR) is 87.6 cm³/mol. The number of nitrogens with zero attached hydrogens (tertiary/aromatic N) is 2. The van der Waals surface area contributed by atoms with Gasteiger partial charge in [-0.3, -0.25) is 4.98 Å². The molecular formula is C17H12N4O2. The van der Waals surface area contributed by atoms with Crippen molar-refractivity contribution in [3.8, 4) is 11.3 Å². The maximum atomic E-state index is 11.2. The van der Waals surface area contributed by atoms with E-state index in [-0.39, 0.29) is 0 Å². The molecule has 2 N–H and O–H groups in total. The molecule has 2 heterocycles. The van der Waals surface area contributed by atoms with Crippen molar-refractivity contribution in [2.24, 2.45) is 0 Å². The summed E-state index contributed by atoms with van der Waals surface area (Å²) in [6, 6.07) is 17.1. The average Bonchev–Trinajstić information content (AvgIpc) is 2.95. The summed E-state index contributed by atoms with van der Waals surface area (Å²) in [5.74, 6) is -0.470. The second kappa shape index (κ2) is 5.42. The van der Waals surface area contributed by atoms with E-state index in [4.69, 9.17) is 4.42 Å². The number of aromatic amines is 1. The Morgan fingerprint density at radius 1 is 1.00 bits per heavy atom. The highest BCUT2D eigenvalue weighted by molar-refractivity contribution is 5.79. The van der Waals surface area contributed by atoms with Crippen molar-refractivity contribution in [1.82, 2.24) is 15.2 Å². The maximum absolute atomic E-state index is 11.2. The lowest BCUT2D eigenvalue weighted by Gasteiger charge is -2.07. The first kappa shape index (κ1) is 13.3. The van der Waals surface area contributed by atoms with E-state index in [0.717, 1.165) is 16.9 Å². The molecule has 2 aromatic heterocycles. The number of hydrogen-bond acceptors (Lipinski definition) is 5. The number of oxazole rings is 1. The Bertz CT molecular complexity index is 1020. The second-order valence-electron chi connectivity index (χ2n) is 5.05. The summed E-state index contributed by atoms with van der Waals surface area (Å²) in [6.45, 7) is 0. The molecule has 0 unspecified atom stereocenters. The standard InChI is InChI=1S/C17H12N4O2/c22-17-20-14-7-6-11(8-16(14)23-17)15-9-13(10-18-21-15)19-12-4-2-1-3-5-12/h1-10H,(H,19,21)(H,20,22). The number of nitrogens with one attached hydrogen (secondary N) is 2. The predicted octanol–water partition coefficient (Wildman–Crippen LogP) is 3.32. The van der Waals surface area contributed by atoms with E-state index in [0.29, 0.717) is 16.8 Å². The average molecular weight is 304 g/mol. The molecule has 0 aliphatic heterocycles. The van der Waals surface area contributed by atoms with Crippen LogP contribution in [0.4, 0.5) is 11.4 Å². The molecule has 0 fully saturated rings. The van der Waals surface area contributed by atoms with Crippen LogP contribution < -0.4 is 11.1 Å². The summed E-state index contributed by atoms with van der Waals surface area (Å²) in [5.41, 5.74) is 4.47. The van der Waals surface area contributed by atoms with Crippen LogP contribution in [0.25, 0.3) is 22.4 Å². The minimum atomic E-state index is -0.470. The van der Waals surface area contributed by atoms with Crippen molar-refractivity contribution < 1.29 is 4.42 Å². The first-order valence-electron chi connectivity index (χ1n) is 7.06. The Morgan fingerprint density at radius 2 is 1.87 bits per heavy atom. The molecule has 4 aromatic rings. The van der Waals surface area contributed by atoms with Crippen molar-refractivity contribution in [2.75, 3.05) is 5.32 Å². The summed E-state index contributed by atoms with van der Waals surface area (Å²) in [6.07, 6.45) is 1.66. The zero-order valence-electron chi connectivity index (χ0n) is 12.0. The lowest BCUT2D eigenvalue weighted by Crippen LogP contribution is -1.94. The quantitative estimate of drug-likeness (QED) is 0.606. The van der Waals surface area contributed by atoms with Crippen molar-refractivity contribution in [2.45, 2.75) is 0 Å². The molecule has 4 rings (SSSR count). The van der Waals surface area contributed by atoms with E-state index < -0.39 is 5.76 Å². The van der Waals surface area contributed by atoms with Gasteiger partial charge in [0.1, 0.15) is 0 Å². The fourth-order valence-corrected chi connectivity index (χ4v) is 2.37. The van der Waals surface area contributed by atoms with Crippen LogP contribution in [0.15, 0.2) is 70.0 Å². The van der Waals surface area contributed by atoms with Crippen LogP contribution in [0.1, 0.15) is 0 Å². The summed E-state index contributed by atoms with van der Waals surface area (Å²) in [5, 5.41) is 11.4. The lowest BCUT2D eigenvalue weighted by molar-refractivity contribution is 0.555. The van der Waals surface area contributed by atoms with Crippen LogP contribution in [0.3, 0.4) is 0 Å². The van der Waals surface area contributed by atoms with Gasteiger partial charge >= 0.3 is 5.76 Å². The minimum Gasteiger partial charge on any atom is -0.408 e. The zero-order valence-corrected chi connectivity index (χ0v) is 12.0. The molecule has 0 saturated heterocycles. The van der Waals surface area contributed by atoms with Gasteiger partial charge in [-0.1, -0.05) is 24.3 Å². The molecule has 0 saturated carbocycles. The molecule has 6 heteroatoms. The smallest absolute Gasteiger partial charge is 0.408 e. The normalized spacial score (nSPS) is 10.8. The molecule has 2 aromatic carbocycles. The van der Waals surface area contributed by atoms with Gasteiger partial charge in [-0.2, -0.15) is 10.2 Å². The van der Waals surface area contributed by atoms with Crippen LogP contribution >= 0.6 is 0 Å². The number of H-pyrrole nitrogens is 1. The fourth-order valence-electron chi connectivity index (χ4n) is 2.37. The maximum Gasteiger partial charge on any atom is 0.417 e. The number of anilines is 2. The molecule has 0 spiro atoms. The summed E-state index contributed by atoms with van der Waals surface area (Å²) < 4.78 is 5.08. The van der Waals surface area contributed by atoms with E-state index in [9.17, 15) is 4.79 Å². The van der Waals surface area contributed by atoms with Gasteiger partial charge in [0.25, 0.3) is 0 Å². The molecule has 6 nitrogen and oxygen atoms in total. The van der Waals surface area contributed by atoms with Crippen molar-refractivity contribution >= 4 is 22.5 Å². The van der Waals surface area contributed by atoms with Crippen LogP contribution in [0, 0.1) is 0 Å². The van der Waals surface area contributed by atoms with E-state index in [1.54, 1.807) is 18.3 Å². The molecule has 0 atom stereocenters.